The summed E-state index contributed by atoms with van der Waals surface area (Å²) < 4.78 is 0. The molecule has 0 aliphatic rings. The molecule has 2 amide bonds. The van der Waals surface area contributed by atoms with Crippen molar-refractivity contribution >= 4 is 23.2 Å². The maximum Gasteiger partial charge on any atom is 0.240 e. The van der Waals surface area contributed by atoms with Gasteiger partial charge >= 0.3 is 0 Å². The fraction of sp³-hybridized carbons (Fsp3) is 0.211. The minimum atomic E-state index is -0.301. The first-order valence-electron chi connectivity index (χ1n) is 8.04. The maximum absolute atomic E-state index is 11.8. The Labute approximate surface area is 147 Å². The highest BCUT2D eigenvalue weighted by molar-refractivity contribution is 5.99. The lowest BCUT2D eigenvalue weighted by Crippen LogP contribution is -2.26. The van der Waals surface area contributed by atoms with Crippen LogP contribution in [0.25, 0.3) is 0 Å². The molecule has 0 spiro atoms. The van der Waals surface area contributed by atoms with Gasteiger partial charge in [0.2, 0.25) is 11.8 Å². The van der Waals surface area contributed by atoms with E-state index >= 15 is 0 Å². The summed E-state index contributed by atoms with van der Waals surface area (Å²) in [5.41, 5.74) is 11.3. The van der Waals surface area contributed by atoms with Gasteiger partial charge in [-0.05, 0) is 30.2 Å². The highest BCUT2D eigenvalue weighted by Gasteiger charge is 2.06. The van der Waals surface area contributed by atoms with Gasteiger partial charge in [-0.1, -0.05) is 42.5 Å². The van der Waals surface area contributed by atoms with Crippen molar-refractivity contribution in [2.24, 2.45) is 5.10 Å². The maximum atomic E-state index is 11.8. The van der Waals surface area contributed by atoms with Crippen LogP contribution in [-0.4, -0.2) is 17.5 Å². The molecule has 2 rings (SSSR count). The molecule has 0 saturated carbocycles. The first-order chi connectivity index (χ1) is 12.0. The van der Waals surface area contributed by atoms with E-state index in [-0.39, 0.29) is 24.7 Å². The topological polar surface area (TPSA) is 96.6 Å². The molecule has 0 saturated heterocycles. The molecule has 4 N–H and O–H groups in total. The molecule has 0 radical (unpaired) electrons. The number of nitrogens with two attached hydrogens (primary N) is 1. The normalized spacial score (nSPS) is 11.0. The minimum Gasteiger partial charge on any atom is -0.399 e. The quantitative estimate of drug-likeness (QED) is 0.410. The van der Waals surface area contributed by atoms with Crippen LogP contribution in [0.15, 0.2) is 59.7 Å². The number of anilines is 1. The molecule has 0 bridgehead atoms. The standard InChI is InChI=1S/C19H22N4O2/c1-14(16-7-9-17(20)10-8-16)22-23-19(25)12-11-18(24)21-13-15-5-3-2-4-6-15/h2-10H,11-13,20H2,1H3,(H,21,24)(H,23,25). The van der Waals surface area contributed by atoms with E-state index < -0.39 is 0 Å². The van der Waals surface area contributed by atoms with Crippen LogP contribution in [-0.2, 0) is 16.1 Å². The van der Waals surface area contributed by atoms with E-state index in [2.05, 4.69) is 15.8 Å². The number of carbonyl (C=O) groups is 2. The minimum absolute atomic E-state index is 0.0825. The van der Waals surface area contributed by atoms with Crippen molar-refractivity contribution in [3.8, 4) is 0 Å². The molecule has 0 fully saturated rings. The molecule has 130 valence electrons. The summed E-state index contributed by atoms with van der Waals surface area (Å²) in [6, 6.07) is 16.8. The third-order valence-corrected chi connectivity index (χ3v) is 3.59. The Morgan fingerprint density at radius 1 is 0.960 bits per heavy atom. The highest BCUT2D eigenvalue weighted by atomic mass is 16.2. The second-order valence-electron chi connectivity index (χ2n) is 5.62. The first kappa shape index (κ1) is 18.2. The molecule has 0 aromatic heterocycles. The average molecular weight is 338 g/mol. The van der Waals surface area contributed by atoms with Gasteiger partial charge in [-0.15, -0.1) is 0 Å². The van der Waals surface area contributed by atoms with E-state index in [4.69, 9.17) is 5.73 Å². The smallest absolute Gasteiger partial charge is 0.240 e. The number of hydrogen-bond acceptors (Lipinski definition) is 4. The number of carbonyl (C=O) groups excluding carboxylic acids is 2. The summed E-state index contributed by atoms with van der Waals surface area (Å²) in [4.78, 5) is 23.6. The molecular weight excluding hydrogens is 316 g/mol. The van der Waals surface area contributed by atoms with Gasteiger partial charge in [-0.3, -0.25) is 9.59 Å². The number of hydrazone groups is 1. The number of rotatable bonds is 7. The molecule has 0 unspecified atom stereocenters. The van der Waals surface area contributed by atoms with Crippen molar-refractivity contribution < 1.29 is 9.59 Å². The summed E-state index contributed by atoms with van der Waals surface area (Å²) in [6.45, 7) is 2.24. The monoisotopic (exact) mass is 338 g/mol. The largest absolute Gasteiger partial charge is 0.399 e. The molecule has 0 atom stereocenters. The molecule has 6 nitrogen and oxygen atoms in total. The van der Waals surface area contributed by atoms with Crippen LogP contribution in [0, 0.1) is 0 Å². The van der Waals surface area contributed by atoms with Gasteiger partial charge in [0, 0.05) is 25.1 Å². The van der Waals surface area contributed by atoms with Gasteiger partial charge in [0.25, 0.3) is 0 Å². The van der Waals surface area contributed by atoms with Crippen molar-refractivity contribution in [3.05, 3.63) is 65.7 Å². The van der Waals surface area contributed by atoms with Crippen LogP contribution in [0.3, 0.4) is 0 Å². The van der Waals surface area contributed by atoms with Crippen molar-refractivity contribution in [2.45, 2.75) is 26.3 Å². The number of nitrogen functional groups attached to an aromatic ring is 1. The fourth-order valence-electron chi connectivity index (χ4n) is 2.10. The Balaban J connectivity index is 1.71. The molecule has 25 heavy (non-hydrogen) atoms. The summed E-state index contributed by atoms with van der Waals surface area (Å²) >= 11 is 0. The van der Waals surface area contributed by atoms with Crippen molar-refractivity contribution in [1.29, 1.82) is 0 Å². The second-order valence-corrected chi connectivity index (χ2v) is 5.62. The third kappa shape index (κ3) is 6.47. The Morgan fingerprint density at radius 2 is 1.60 bits per heavy atom. The van der Waals surface area contributed by atoms with Crippen molar-refractivity contribution in [2.75, 3.05) is 5.73 Å². The van der Waals surface area contributed by atoms with E-state index in [1.54, 1.807) is 19.1 Å². The van der Waals surface area contributed by atoms with Crippen molar-refractivity contribution in [3.63, 3.8) is 0 Å². The van der Waals surface area contributed by atoms with E-state index in [0.29, 0.717) is 17.9 Å². The number of benzene rings is 2. The highest BCUT2D eigenvalue weighted by Crippen LogP contribution is 2.06. The van der Waals surface area contributed by atoms with E-state index in [1.165, 1.54) is 0 Å². The van der Waals surface area contributed by atoms with Crippen LogP contribution in [0.2, 0.25) is 0 Å². The Hall–Kier alpha value is -3.15. The number of nitrogens with one attached hydrogen (secondary N) is 2. The summed E-state index contributed by atoms with van der Waals surface area (Å²) in [7, 11) is 0. The number of hydrogen-bond donors (Lipinski definition) is 3. The molecular formula is C19H22N4O2. The zero-order valence-corrected chi connectivity index (χ0v) is 14.2. The van der Waals surface area contributed by atoms with Crippen LogP contribution in [0.5, 0.6) is 0 Å². The van der Waals surface area contributed by atoms with E-state index in [0.717, 1.165) is 11.1 Å². The SMILES string of the molecule is CC(=NNC(=O)CCC(=O)NCc1ccccc1)c1ccc(N)cc1. The summed E-state index contributed by atoms with van der Waals surface area (Å²) in [5.74, 6) is -0.470. The Kier molecular flexibility index (Phi) is 6.71. The number of amides is 2. The third-order valence-electron chi connectivity index (χ3n) is 3.59. The van der Waals surface area contributed by atoms with Crippen LogP contribution < -0.4 is 16.5 Å². The van der Waals surface area contributed by atoms with Crippen molar-refractivity contribution in [1.82, 2.24) is 10.7 Å². The predicted molar refractivity (Wildman–Crippen MR) is 98.7 cm³/mol. The van der Waals surface area contributed by atoms with E-state index in [9.17, 15) is 9.59 Å². The molecule has 2 aromatic carbocycles. The van der Waals surface area contributed by atoms with Gasteiger partial charge < -0.3 is 11.1 Å². The lowest BCUT2D eigenvalue weighted by atomic mass is 10.1. The van der Waals surface area contributed by atoms with Gasteiger partial charge in [0.05, 0.1) is 5.71 Å². The lowest BCUT2D eigenvalue weighted by molar-refractivity contribution is -0.126. The summed E-state index contributed by atoms with van der Waals surface area (Å²) in [5, 5.41) is 6.82. The second kappa shape index (κ2) is 9.22. The lowest BCUT2D eigenvalue weighted by Gasteiger charge is -2.05. The molecule has 6 heteroatoms. The Bertz CT molecular complexity index is 740. The number of nitrogens with zero attached hydrogens (tertiary/aromatic N) is 1. The molecule has 0 heterocycles. The molecule has 2 aromatic rings. The van der Waals surface area contributed by atoms with Gasteiger partial charge in [0.1, 0.15) is 0 Å². The van der Waals surface area contributed by atoms with Gasteiger partial charge in [-0.25, -0.2) is 5.43 Å². The predicted octanol–water partition coefficient (Wildman–Crippen LogP) is 2.21. The molecule has 0 aliphatic heterocycles. The van der Waals surface area contributed by atoms with Gasteiger partial charge in [-0.2, -0.15) is 5.10 Å². The average Bonchev–Trinajstić information content (AvgIpc) is 2.64. The summed E-state index contributed by atoms with van der Waals surface area (Å²) in [6.07, 6.45) is 0.203. The van der Waals surface area contributed by atoms with Crippen LogP contribution in [0.1, 0.15) is 30.9 Å². The van der Waals surface area contributed by atoms with Crippen LogP contribution >= 0.6 is 0 Å². The first-order valence-corrected chi connectivity index (χ1v) is 8.04. The van der Waals surface area contributed by atoms with Crippen LogP contribution in [0.4, 0.5) is 5.69 Å². The zero-order chi connectivity index (χ0) is 18.1. The zero-order valence-electron chi connectivity index (χ0n) is 14.2. The molecule has 0 aliphatic carbocycles. The van der Waals surface area contributed by atoms with Gasteiger partial charge in [0.15, 0.2) is 0 Å². The Morgan fingerprint density at radius 3 is 2.28 bits per heavy atom. The van der Waals surface area contributed by atoms with E-state index in [1.807, 2.05) is 42.5 Å². The fourth-order valence-corrected chi connectivity index (χ4v) is 2.10.